The van der Waals surface area contributed by atoms with Crippen LogP contribution in [0, 0.1) is 11.3 Å². The molecule has 0 fully saturated rings. The number of carbonyl (C=O) groups is 1. The van der Waals surface area contributed by atoms with Crippen LogP contribution >= 0.6 is 0 Å². The molecule has 7 heteroatoms. The van der Waals surface area contributed by atoms with Crippen molar-refractivity contribution in [3.05, 3.63) is 70.8 Å². The molecule has 2 aromatic carbocycles. The third-order valence-electron chi connectivity index (χ3n) is 3.56. The number of hydrogen-bond acceptors (Lipinski definition) is 3. The fraction of sp³-hybridized carbons (Fsp3) is 0.263. The number of hydrogen-bond donors (Lipinski definition) is 0. The largest absolute Gasteiger partial charge is 0.411 e. The van der Waals surface area contributed by atoms with Crippen LogP contribution in [-0.2, 0) is 17.9 Å². The molecule has 0 heterocycles. The molecule has 26 heavy (non-hydrogen) atoms. The lowest BCUT2D eigenvalue weighted by atomic mass is 10.1. The molecule has 0 spiro atoms. The van der Waals surface area contributed by atoms with E-state index < -0.39 is 12.8 Å². The Balaban J connectivity index is 1.95. The summed E-state index contributed by atoms with van der Waals surface area (Å²) in [5.74, 6) is -0.227. The van der Waals surface area contributed by atoms with Crippen LogP contribution in [-0.4, -0.2) is 30.6 Å². The van der Waals surface area contributed by atoms with E-state index in [9.17, 15) is 18.0 Å². The molecule has 2 rings (SSSR count). The Morgan fingerprint density at radius 3 is 2.46 bits per heavy atom. The number of halogens is 3. The van der Waals surface area contributed by atoms with Crippen LogP contribution in [0.4, 0.5) is 13.2 Å². The van der Waals surface area contributed by atoms with Gasteiger partial charge < -0.3 is 9.64 Å². The Labute approximate surface area is 149 Å². The van der Waals surface area contributed by atoms with Crippen molar-refractivity contribution in [1.29, 1.82) is 5.26 Å². The monoisotopic (exact) mass is 362 g/mol. The summed E-state index contributed by atoms with van der Waals surface area (Å²) in [7, 11) is 1.64. The second kappa shape index (κ2) is 8.50. The smallest absolute Gasteiger partial charge is 0.367 e. The molecule has 0 aliphatic heterocycles. The summed E-state index contributed by atoms with van der Waals surface area (Å²) in [5, 5.41) is 8.91. The van der Waals surface area contributed by atoms with E-state index in [2.05, 4.69) is 4.74 Å². The number of amides is 1. The van der Waals surface area contributed by atoms with Gasteiger partial charge in [-0.05, 0) is 35.4 Å². The Morgan fingerprint density at radius 1 is 1.15 bits per heavy atom. The van der Waals surface area contributed by atoms with Gasteiger partial charge >= 0.3 is 6.18 Å². The summed E-state index contributed by atoms with van der Waals surface area (Å²) in [6.45, 7) is -1.15. The fourth-order valence-corrected chi connectivity index (χ4v) is 2.33. The molecule has 0 bridgehead atoms. The highest BCUT2D eigenvalue weighted by Crippen LogP contribution is 2.16. The first-order valence-electron chi connectivity index (χ1n) is 7.76. The van der Waals surface area contributed by atoms with Crippen molar-refractivity contribution in [2.45, 2.75) is 19.3 Å². The average molecular weight is 362 g/mol. The molecule has 2 aromatic rings. The van der Waals surface area contributed by atoms with Crippen molar-refractivity contribution in [2.24, 2.45) is 0 Å². The van der Waals surface area contributed by atoms with Crippen LogP contribution in [0.15, 0.2) is 48.5 Å². The third kappa shape index (κ3) is 5.90. The second-order valence-corrected chi connectivity index (χ2v) is 5.78. The van der Waals surface area contributed by atoms with E-state index >= 15 is 0 Å². The van der Waals surface area contributed by atoms with Gasteiger partial charge in [0.15, 0.2) is 0 Å². The van der Waals surface area contributed by atoms with Crippen molar-refractivity contribution in [3.63, 3.8) is 0 Å². The van der Waals surface area contributed by atoms with E-state index in [-0.39, 0.29) is 12.5 Å². The molecule has 1 amide bonds. The highest BCUT2D eigenvalue weighted by atomic mass is 19.4. The number of alkyl halides is 3. The third-order valence-corrected chi connectivity index (χ3v) is 3.56. The summed E-state index contributed by atoms with van der Waals surface area (Å²) < 4.78 is 40.7. The lowest BCUT2D eigenvalue weighted by Gasteiger charge is -2.17. The number of ether oxygens (including phenoxy) is 1. The molecule has 0 saturated carbocycles. The van der Waals surface area contributed by atoms with Crippen molar-refractivity contribution in [1.82, 2.24) is 4.90 Å². The molecule has 0 aliphatic rings. The van der Waals surface area contributed by atoms with E-state index in [1.807, 2.05) is 12.1 Å². The number of rotatable bonds is 6. The van der Waals surface area contributed by atoms with E-state index in [0.717, 1.165) is 5.56 Å². The minimum atomic E-state index is -4.36. The van der Waals surface area contributed by atoms with Gasteiger partial charge in [0, 0.05) is 19.2 Å². The van der Waals surface area contributed by atoms with Gasteiger partial charge in [0.25, 0.3) is 5.91 Å². The fourth-order valence-electron chi connectivity index (χ4n) is 2.33. The van der Waals surface area contributed by atoms with Gasteiger partial charge in [-0.2, -0.15) is 18.4 Å². The molecule has 0 radical (unpaired) electrons. The zero-order chi connectivity index (χ0) is 19.2. The lowest BCUT2D eigenvalue weighted by molar-refractivity contribution is -0.176. The molecule has 0 aromatic heterocycles. The first kappa shape index (κ1) is 19.5. The summed E-state index contributed by atoms with van der Waals surface area (Å²) in [6.07, 6.45) is -4.36. The average Bonchev–Trinajstić information content (AvgIpc) is 2.60. The van der Waals surface area contributed by atoms with Crippen molar-refractivity contribution in [2.75, 3.05) is 13.7 Å². The van der Waals surface area contributed by atoms with Crippen molar-refractivity contribution in [3.8, 4) is 6.07 Å². The zero-order valence-electron chi connectivity index (χ0n) is 14.1. The summed E-state index contributed by atoms with van der Waals surface area (Å²) in [6, 6.07) is 15.3. The van der Waals surface area contributed by atoms with Gasteiger partial charge in [-0.3, -0.25) is 4.79 Å². The van der Waals surface area contributed by atoms with Gasteiger partial charge in [0.1, 0.15) is 6.61 Å². The summed E-state index contributed by atoms with van der Waals surface area (Å²) in [4.78, 5) is 13.9. The van der Waals surface area contributed by atoms with Crippen molar-refractivity contribution >= 4 is 5.91 Å². The molecule has 0 N–H and O–H groups in total. The van der Waals surface area contributed by atoms with Crippen LogP contribution in [0.5, 0.6) is 0 Å². The maximum Gasteiger partial charge on any atom is 0.411 e. The number of nitriles is 1. The van der Waals surface area contributed by atoms with Gasteiger partial charge in [0.2, 0.25) is 0 Å². The Morgan fingerprint density at radius 2 is 1.85 bits per heavy atom. The summed E-state index contributed by atoms with van der Waals surface area (Å²) >= 11 is 0. The van der Waals surface area contributed by atoms with E-state index in [1.165, 1.54) is 4.90 Å². The molecular weight excluding hydrogens is 345 g/mol. The minimum Gasteiger partial charge on any atom is -0.367 e. The summed E-state index contributed by atoms with van der Waals surface area (Å²) in [5.41, 5.74) is 2.32. The standard InChI is InChI=1S/C19H17F3N2O2/c1-24(11-16-4-2-3-15(9-16)10-23)18(25)17-7-5-14(6-8-17)12-26-13-19(20,21)22/h2-9H,11-13H2,1H3. The first-order chi connectivity index (χ1) is 12.3. The highest BCUT2D eigenvalue weighted by Gasteiger charge is 2.27. The van der Waals surface area contributed by atoms with Gasteiger partial charge in [-0.1, -0.05) is 24.3 Å². The van der Waals surface area contributed by atoms with Crippen LogP contribution < -0.4 is 0 Å². The maximum absolute atomic E-state index is 12.4. The molecule has 0 atom stereocenters. The predicted octanol–water partition coefficient (Wildman–Crippen LogP) is 3.91. The topological polar surface area (TPSA) is 53.3 Å². The van der Waals surface area contributed by atoms with Crippen LogP contribution in [0.2, 0.25) is 0 Å². The lowest BCUT2D eigenvalue weighted by Crippen LogP contribution is -2.26. The minimum absolute atomic E-state index is 0.176. The van der Waals surface area contributed by atoms with Crippen molar-refractivity contribution < 1.29 is 22.7 Å². The van der Waals surface area contributed by atoms with E-state index in [0.29, 0.717) is 23.2 Å². The number of benzene rings is 2. The van der Waals surface area contributed by atoms with Gasteiger partial charge in [-0.25, -0.2) is 0 Å². The zero-order valence-corrected chi connectivity index (χ0v) is 14.1. The predicted molar refractivity (Wildman–Crippen MR) is 89.1 cm³/mol. The molecule has 136 valence electrons. The Hall–Kier alpha value is -2.85. The van der Waals surface area contributed by atoms with Gasteiger partial charge in [-0.15, -0.1) is 0 Å². The quantitative estimate of drug-likeness (QED) is 0.783. The molecule has 0 unspecified atom stereocenters. The molecule has 0 aliphatic carbocycles. The number of nitrogens with zero attached hydrogens (tertiary/aromatic N) is 2. The van der Waals surface area contributed by atoms with E-state index in [4.69, 9.17) is 5.26 Å². The second-order valence-electron chi connectivity index (χ2n) is 5.78. The molecule has 4 nitrogen and oxygen atoms in total. The SMILES string of the molecule is CN(Cc1cccc(C#N)c1)C(=O)c1ccc(COCC(F)(F)F)cc1. The molecular formula is C19H17F3N2O2. The van der Waals surface area contributed by atoms with E-state index in [1.54, 1.807) is 49.5 Å². The maximum atomic E-state index is 12.4. The van der Waals surface area contributed by atoms with Crippen LogP contribution in [0.1, 0.15) is 27.0 Å². The van der Waals surface area contributed by atoms with Gasteiger partial charge in [0.05, 0.1) is 18.2 Å². The highest BCUT2D eigenvalue weighted by molar-refractivity contribution is 5.94. The van der Waals surface area contributed by atoms with Crippen LogP contribution in [0.3, 0.4) is 0 Å². The first-order valence-corrected chi connectivity index (χ1v) is 7.76. The number of carbonyl (C=O) groups excluding carboxylic acids is 1. The Bertz CT molecular complexity index is 796. The van der Waals surface area contributed by atoms with Crippen LogP contribution in [0.25, 0.3) is 0 Å². The molecule has 0 saturated heterocycles. The Kier molecular flexibility index (Phi) is 6.36. The normalized spacial score (nSPS) is 11.0.